The molecule has 6 nitrogen and oxygen atoms in total. The number of carbonyl (C=O) groups is 1. The van der Waals surface area contributed by atoms with E-state index in [4.69, 9.17) is 9.52 Å². The van der Waals surface area contributed by atoms with Gasteiger partial charge < -0.3 is 14.5 Å². The van der Waals surface area contributed by atoms with Crippen LogP contribution in [0.4, 0.5) is 4.39 Å². The number of benzene rings is 2. The molecule has 0 bridgehead atoms. The monoisotopic (exact) mass is 324 g/mol. The van der Waals surface area contributed by atoms with Crippen molar-refractivity contribution in [1.82, 2.24) is 9.97 Å². The SMILES string of the molecule is O=C(O)c1ccc2nc(-c3cc4ccc(F)cc4oc3=O)[nH]c2c1. The number of halogens is 1. The standard InChI is InChI=1S/C17H9FN2O4/c18-10-3-1-8-5-11(17(23)24-14(8)7-10)15-19-12-4-2-9(16(21)22)6-13(12)20-15/h1-7H,(H,19,20)(H,21,22). The van der Waals surface area contributed by atoms with Crippen molar-refractivity contribution >= 4 is 28.0 Å². The minimum atomic E-state index is -1.06. The van der Waals surface area contributed by atoms with Gasteiger partial charge in [0.05, 0.1) is 16.6 Å². The van der Waals surface area contributed by atoms with E-state index < -0.39 is 17.4 Å². The summed E-state index contributed by atoms with van der Waals surface area (Å²) in [6.45, 7) is 0. The number of fused-ring (bicyclic) bond motifs is 2. The molecule has 4 aromatic rings. The van der Waals surface area contributed by atoms with Gasteiger partial charge >= 0.3 is 11.6 Å². The van der Waals surface area contributed by atoms with Crippen molar-refractivity contribution in [2.24, 2.45) is 0 Å². The molecule has 0 spiro atoms. The van der Waals surface area contributed by atoms with E-state index in [1.807, 2.05) is 0 Å². The Bertz CT molecular complexity index is 1180. The smallest absolute Gasteiger partial charge is 0.347 e. The van der Waals surface area contributed by atoms with E-state index in [0.717, 1.165) is 6.07 Å². The number of nitrogens with zero attached hydrogens (tertiary/aromatic N) is 1. The van der Waals surface area contributed by atoms with Crippen molar-refractivity contribution in [3.05, 3.63) is 64.3 Å². The number of hydrogen-bond acceptors (Lipinski definition) is 4. The summed E-state index contributed by atoms with van der Waals surface area (Å²) in [4.78, 5) is 30.4. The molecule has 0 fully saturated rings. The van der Waals surface area contributed by atoms with Crippen LogP contribution in [0, 0.1) is 5.82 Å². The maximum absolute atomic E-state index is 13.2. The summed E-state index contributed by atoms with van der Waals surface area (Å²) in [6, 6.07) is 9.88. The molecule has 7 heteroatoms. The number of aromatic nitrogens is 2. The first kappa shape index (κ1) is 14.1. The lowest BCUT2D eigenvalue weighted by Crippen LogP contribution is -2.03. The lowest BCUT2D eigenvalue weighted by atomic mass is 10.2. The molecule has 0 saturated heterocycles. The molecular formula is C17H9FN2O4. The third kappa shape index (κ3) is 2.23. The number of hydrogen-bond donors (Lipinski definition) is 2. The number of imidazole rings is 1. The maximum atomic E-state index is 13.2. The van der Waals surface area contributed by atoms with Gasteiger partial charge in [0.15, 0.2) is 0 Å². The van der Waals surface area contributed by atoms with E-state index in [1.54, 1.807) is 12.1 Å². The number of aromatic amines is 1. The Morgan fingerprint density at radius 2 is 2.00 bits per heavy atom. The highest BCUT2D eigenvalue weighted by Crippen LogP contribution is 2.23. The van der Waals surface area contributed by atoms with Crippen molar-refractivity contribution in [2.45, 2.75) is 0 Å². The first-order valence-electron chi connectivity index (χ1n) is 6.98. The van der Waals surface area contributed by atoms with Crippen molar-refractivity contribution in [1.29, 1.82) is 0 Å². The minimum absolute atomic E-state index is 0.110. The lowest BCUT2D eigenvalue weighted by Gasteiger charge is -1.99. The van der Waals surface area contributed by atoms with Crippen LogP contribution in [0.5, 0.6) is 0 Å². The predicted octanol–water partition coefficient (Wildman–Crippen LogP) is 3.17. The second-order valence-electron chi connectivity index (χ2n) is 5.25. The second-order valence-corrected chi connectivity index (χ2v) is 5.25. The van der Waals surface area contributed by atoms with Crippen molar-refractivity contribution in [3.63, 3.8) is 0 Å². The Labute approximate surface area is 133 Å². The molecule has 0 aliphatic rings. The molecule has 2 N–H and O–H groups in total. The summed E-state index contributed by atoms with van der Waals surface area (Å²) in [5.41, 5.74) is 0.789. The first-order chi connectivity index (χ1) is 11.5. The Hall–Kier alpha value is -3.48. The van der Waals surface area contributed by atoms with Gasteiger partial charge in [-0.3, -0.25) is 0 Å². The first-order valence-corrected chi connectivity index (χ1v) is 6.98. The van der Waals surface area contributed by atoms with Crippen LogP contribution in [-0.4, -0.2) is 21.0 Å². The van der Waals surface area contributed by atoms with Gasteiger partial charge in [-0.2, -0.15) is 0 Å². The van der Waals surface area contributed by atoms with E-state index in [1.165, 1.54) is 24.3 Å². The van der Waals surface area contributed by atoms with Crippen LogP contribution < -0.4 is 5.63 Å². The van der Waals surface area contributed by atoms with Crippen LogP contribution >= 0.6 is 0 Å². The number of carboxylic acid groups (broad SMARTS) is 1. The highest BCUT2D eigenvalue weighted by molar-refractivity contribution is 5.93. The zero-order valence-electron chi connectivity index (χ0n) is 12.0. The van der Waals surface area contributed by atoms with E-state index in [-0.39, 0.29) is 22.5 Å². The Morgan fingerprint density at radius 1 is 1.17 bits per heavy atom. The zero-order chi connectivity index (χ0) is 16.8. The van der Waals surface area contributed by atoms with Crippen LogP contribution in [0.15, 0.2) is 51.7 Å². The Morgan fingerprint density at radius 3 is 2.79 bits per heavy atom. The normalized spacial score (nSPS) is 11.2. The van der Waals surface area contributed by atoms with Gasteiger partial charge in [0.2, 0.25) is 0 Å². The molecule has 2 aromatic carbocycles. The molecule has 24 heavy (non-hydrogen) atoms. The Balaban J connectivity index is 1.92. The summed E-state index contributed by atoms with van der Waals surface area (Å²) < 4.78 is 18.3. The summed E-state index contributed by atoms with van der Waals surface area (Å²) in [6.07, 6.45) is 0. The number of carboxylic acids is 1. The number of rotatable bonds is 2. The number of nitrogens with one attached hydrogen (secondary N) is 1. The van der Waals surface area contributed by atoms with Crippen LogP contribution in [0.2, 0.25) is 0 Å². The summed E-state index contributed by atoms with van der Waals surface area (Å²) in [5, 5.41) is 9.58. The van der Waals surface area contributed by atoms with Gasteiger partial charge in [0, 0.05) is 11.5 Å². The summed E-state index contributed by atoms with van der Waals surface area (Å²) >= 11 is 0. The van der Waals surface area contributed by atoms with Gasteiger partial charge in [-0.05, 0) is 36.4 Å². The zero-order valence-corrected chi connectivity index (χ0v) is 12.0. The maximum Gasteiger partial charge on any atom is 0.347 e. The molecule has 0 aliphatic carbocycles. The molecule has 0 unspecified atom stereocenters. The van der Waals surface area contributed by atoms with Gasteiger partial charge in [-0.15, -0.1) is 0 Å². The highest BCUT2D eigenvalue weighted by atomic mass is 19.1. The topological polar surface area (TPSA) is 96.2 Å². The quantitative estimate of drug-likeness (QED) is 0.552. The summed E-state index contributed by atoms with van der Waals surface area (Å²) in [7, 11) is 0. The molecule has 0 saturated carbocycles. The summed E-state index contributed by atoms with van der Waals surface area (Å²) in [5.74, 6) is -1.30. The molecule has 2 heterocycles. The molecule has 0 aliphatic heterocycles. The fourth-order valence-corrected chi connectivity index (χ4v) is 2.52. The molecule has 118 valence electrons. The van der Waals surface area contributed by atoms with E-state index in [2.05, 4.69) is 9.97 Å². The molecule has 0 amide bonds. The fraction of sp³-hybridized carbons (Fsp3) is 0. The average molecular weight is 324 g/mol. The van der Waals surface area contributed by atoms with E-state index in [0.29, 0.717) is 16.4 Å². The Kier molecular flexibility index (Phi) is 2.96. The number of aromatic carboxylic acids is 1. The average Bonchev–Trinajstić information content (AvgIpc) is 2.96. The van der Waals surface area contributed by atoms with Crippen molar-refractivity contribution in [3.8, 4) is 11.4 Å². The van der Waals surface area contributed by atoms with Gasteiger partial charge in [0.25, 0.3) is 0 Å². The molecular weight excluding hydrogens is 315 g/mol. The fourth-order valence-electron chi connectivity index (χ4n) is 2.52. The molecule has 4 rings (SSSR count). The second kappa shape index (κ2) is 5.02. The minimum Gasteiger partial charge on any atom is -0.478 e. The lowest BCUT2D eigenvalue weighted by molar-refractivity contribution is 0.0697. The third-order valence-corrected chi connectivity index (χ3v) is 3.68. The van der Waals surface area contributed by atoms with Crippen LogP contribution in [0.3, 0.4) is 0 Å². The van der Waals surface area contributed by atoms with Crippen molar-refractivity contribution < 1.29 is 18.7 Å². The molecule has 0 atom stereocenters. The molecule has 2 aromatic heterocycles. The van der Waals surface area contributed by atoms with Crippen LogP contribution in [0.25, 0.3) is 33.4 Å². The predicted molar refractivity (Wildman–Crippen MR) is 84.5 cm³/mol. The number of H-pyrrole nitrogens is 1. The van der Waals surface area contributed by atoms with Gasteiger partial charge in [-0.25, -0.2) is 19.0 Å². The molecule has 0 radical (unpaired) electrons. The van der Waals surface area contributed by atoms with E-state index >= 15 is 0 Å². The van der Waals surface area contributed by atoms with Gasteiger partial charge in [0.1, 0.15) is 22.8 Å². The highest BCUT2D eigenvalue weighted by Gasteiger charge is 2.14. The van der Waals surface area contributed by atoms with E-state index in [9.17, 15) is 14.0 Å². The largest absolute Gasteiger partial charge is 0.478 e. The van der Waals surface area contributed by atoms with Gasteiger partial charge in [-0.1, -0.05) is 0 Å². The van der Waals surface area contributed by atoms with Crippen LogP contribution in [-0.2, 0) is 0 Å². The van der Waals surface area contributed by atoms with Crippen molar-refractivity contribution in [2.75, 3.05) is 0 Å². The van der Waals surface area contributed by atoms with Crippen LogP contribution in [0.1, 0.15) is 10.4 Å². The third-order valence-electron chi connectivity index (χ3n) is 3.68.